The summed E-state index contributed by atoms with van der Waals surface area (Å²) >= 11 is 9.53. The maximum atomic E-state index is 13.0. The van der Waals surface area contributed by atoms with E-state index in [1.165, 1.54) is 5.56 Å². The SMILES string of the molecule is COc1ccc(Cl)cc1C(=O)N1CCCc2cc(Br)ccc21. The lowest BCUT2D eigenvalue weighted by Gasteiger charge is -2.30. The van der Waals surface area contributed by atoms with Crippen LogP contribution in [0.1, 0.15) is 22.3 Å². The molecule has 0 radical (unpaired) electrons. The Morgan fingerprint density at radius 2 is 2.09 bits per heavy atom. The molecule has 3 nitrogen and oxygen atoms in total. The lowest BCUT2D eigenvalue weighted by molar-refractivity contribution is 0.0982. The quantitative estimate of drug-likeness (QED) is 0.755. The van der Waals surface area contributed by atoms with E-state index in [0.717, 1.165) is 23.0 Å². The van der Waals surface area contributed by atoms with Crippen molar-refractivity contribution in [3.05, 3.63) is 57.0 Å². The summed E-state index contributed by atoms with van der Waals surface area (Å²) in [6, 6.07) is 11.1. The number of amides is 1. The van der Waals surface area contributed by atoms with Gasteiger partial charge in [-0.15, -0.1) is 0 Å². The van der Waals surface area contributed by atoms with Gasteiger partial charge < -0.3 is 9.64 Å². The molecule has 22 heavy (non-hydrogen) atoms. The Hall–Kier alpha value is -1.52. The van der Waals surface area contributed by atoms with Crippen LogP contribution in [0.5, 0.6) is 5.75 Å². The Morgan fingerprint density at radius 1 is 1.27 bits per heavy atom. The fourth-order valence-electron chi connectivity index (χ4n) is 2.77. The van der Waals surface area contributed by atoms with Gasteiger partial charge in [0, 0.05) is 21.7 Å². The molecule has 0 aromatic heterocycles. The minimum atomic E-state index is -0.0809. The van der Waals surface area contributed by atoms with Crippen LogP contribution in [0.25, 0.3) is 0 Å². The maximum absolute atomic E-state index is 13.0. The fourth-order valence-corrected chi connectivity index (χ4v) is 3.35. The number of hydrogen-bond acceptors (Lipinski definition) is 2. The largest absolute Gasteiger partial charge is 0.496 e. The molecule has 0 saturated carbocycles. The van der Waals surface area contributed by atoms with Crippen LogP contribution < -0.4 is 9.64 Å². The van der Waals surface area contributed by atoms with Crippen LogP contribution in [0.4, 0.5) is 5.69 Å². The van der Waals surface area contributed by atoms with E-state index >= 15 is 0 Å². The molecule has 1 aliphatic rings. The number of benzene rings is 2. The van der Waals surface area contributed by atoms with Crippen LogP contribution in [-0.2, 0) is 6.42 Å². The second-order valence-corrected chi connectivity index (χ2v) is 6.53. The standard InChI is InChI=1S/C17H15BrClNO2/c1-22-16-7-5-13(19)10-14(16)17(21)20-8-2-3-11-9-12(18)4-6-15(11)20/h4-7,9-10H,2-3,8H2,1H3. The molecule has 0 bridgehead atoms. The smallest absolute Gasteiger partial charge is 0.262 e. The number of carbonyl (C=O) groups excluding carboxylic acids is 1. The lowest BCUT2D eigenvalue weighted by atomic mass is 10.0. The number of fused-ring (bicyclic) bond motifs is 1. The summed E-state index contributed by atoms with van der Waals surface area (Å²) in [4.78, 5) is 14.8. The second kappa shape index (κ2) is 6.31. The predicted molar refractivity (Wildman–Crippen MR) is 92.1 cm³/mol. The first kappa shape index (κ1) is 15.4. The zero-order chi connectivity index (χ0) is 15.7. The van der Waals surface area contributed by atoms with Crippen molar-refractivity contribution in [2.75, 3.05) is 18.6 Å². The molecule has 2 aromatic rings. The Balaban J connectivity index is 2.03. The van der Waals surface area contributed by atoms with Crippen LogP contribution in [0.3, 0.4) is 0 Å². The van der Waals surface area contributed by atoms with Crippen molar-refractivity contribution >= 4 is 39.1 Å². The zero-order valence-corrected chi connectivity index (χ0v) is 14.4. The summed E-state index contributed by atoms with van der Waals surface area (Å²) in [5.41, 5.74) is 2.63. The highest BCUT2D eigenvalue weighted by molar-refractivity contribution is 9.10. The molecular formula is C17H15BrClNO2. The van der Waals surface area contributed by atoms with Crippen molar-refractivity contribution in [2.24, 2.45) is 0 Å². The van der Waals surface area contributed by atoms with E-state index in [9.17, 15) is 4.79 Å². The molecule has 5 heteroatoms. The molecular weight excluding hydrogens is 366 g/mol. The molecule has 0 unspecified atom stereocenters. The van der Waals surface area contributed by atoms with E-state index in [1.54, 1.807) is 30.2 Å². The molecule has 1 heterocycles. The molecule has 0 spiro atoms. The molecule has 2 aromatic carbocycles. The van der Waals surface area contributed by atoms with Crippen LogP contribution in [-0.4, -0.2) is 19.6 Å². The molecule has 0 saturated heterocycles. The normalized spacial score (nSPS) is 13.7. The third-order valence-corrected chi connectivity index (χ3v) is 4.53. The monoisotopic (exact) mass is 379 g/mol. The lowest BCUT2D eigenvalue weighted by Crippen LogP contribution is -2.35. The van der Waals surface area contributed by atoms with Crippen molar-refractivity contribution in [3.8, 4) is 5.75 Å². The first-order valence-electron chi connectivity index (χ1n) is 7.04. The molecule has 0 aliphatic carbocycles. The second-order valence-electron chi connectivity index (χ2n) is 5.18. The highest BCUT2D eigenvalue weighted by Crippen LogP contribution is 2.33. The Kier molecular flexibility index (Phi) is 4.41. The third-order valence-electron chi connectivity index (χ3n) is 3.80. The number of aryl methyl sites for hydroxylation is 1. The van der Waals surface area contributed by atoms with Gasteiger partial charge in [-0.25, -0.2) is 0 Å². The Morgan fingerprint density at radius 3 is 2.86 bits per heavy atom. The van der Waals surface area contributed by atoms with Gasteiger partial charge in [0.1, 0.15) is 5.75 Å². The Labute approximate surface area is 143 Å². The topological polar surface area (TPSA) is 29.5 Å². The molecule has 0 fully saturated rings. The van der Waals surface area contributed by atoms with E-state index in [0.29, 0.717) is 22.9 Å². The number of halogens is 2. The number of methoxy groups -OCH3 is 1. The number of carbonyl (C=O) groups is 1. The minimum absolute atomic E-state index is 0.0809. The molecule has 1 amide bonds. The van der Waals surface area contributed by atoms with Gasteiger partial charge in [0.05, 0.1) is 12.7 Å². The number of hydrogen-bond donors (Lipinski definition) is 0. The fraction of sp³-hybridized carbons (Fsp3) is 0.235. The van der Waals surface area contributed by atoms with Crippen molar-refractivity contribution in [2.45, 2.75) is 12.8 Å². The van der Waals surface area contributed by atoms with Gasteiger partial charge in [0.25, 0.3) is 5.91 Å². The zero-order valence-electron chi connectivity index (χ0n) is 12.1. The van der Waals surface area contributed by atoms with Crippen molar-refractivity contribution in [1.29, 1.82) is 0 Å². The van der Waals surface area contributed by atoms with Gasteiger partial charge in [-0.1, -0.05) is 27.5 Å². The van der Waals surface area contributed by atoms with Crippen molar-refractivity contribution in [3.63, 3.8) is 0 Å². The molecule has 114 valence electrons. The van der Waals surface area contributed by atoms with Crippen LogP contribution in [0.2, 0.25) is 5.02 Å². The molecule has 0 N–H and O–H groups in total. The average molecular weight is 381 g/mol. The highest BCUT2D eigenvalue weighted by Gasteiger charge is 2.26. The van der Waals surface area contributed by atoms with Gasteiger partial charge in [0.2, 0.25) is 0 Å². The first-order valence-corrected chi connectivity index (χ1v) is 8.21. The van der Waals surface area contributed by atoms with Crippen LogP contribution in [0, 0.1) is 0 Å². The van der Waals surface area contributed by atoms with Gasteiger partial charge in [-0.3, -0.25) is 4.79 Å². The number of nitrogens with zero attached hydrogens (tertiary/aromatic N) is 1. The van der Waals surface area contributed by atoms with E-state index in [4.69, 9.17) is 16.3 Å². The van der Waals surface area contributed by atoms with Gasteiger partial charge in [-0.05, 0) is 54.8 Å². The summed E-state index contributed by atoms with van der Waals surface area (Å²) in [6.07, 6.45) is 1.92. The molecule has 1 aliphatic heterocycles. The van der Waals surface area contributed by atoms with E-state index < -0.39 is 0 Å². The van der Waals surface area contributed by atoms with E-state index in [-0.39, 0.29) is 5.91 Å². The van der Waals surface area contributed by atoms with E-state index in [1.807, 2.05) is 12.1 Å². The van der Waals surface area contributed by atoms with Crippen molar-refractivity contribution < 1.29 is 9.53 Å². The minimum Gasteiger partial charge on any atom is -0.496 e. The average Bonchev–Trinajstić information content (AvgIpc) is 2.53. The predicted octanol–water partition coefficient (Wildman–Crippen LogP) is 4.70. The van der Waals surface area contributed by atoms with Crippen LogP contribution in [0.15, 0.2) is 40.9 Å². The van der Waals surface area contributed by atoms with Gasteiger partial charge >= 0.3 is 0 Å². The first-order chi connectivity index (χ1) is 10.6. The molecule has 0 atom stereocenters. The highest BCUT2D eigenvalue weighted by atomic mass is 79.9. The van der Waals surface area contributed by atoms with Gasteiger partial charge in [-0.2, -0.15) is 0 Å². The molecule has 3 rings (SSSR count). The van der Waals surface area contributed by atoms with Gasteiger partial charge in [0.15, 0.2) is 0 Å². The van der Waals surface area contributed by atoms with E-state index in [2.05, 4.69) is 22.0 Å². The summed E-state index contributed by atoms with van der Waals surface area (Å²) in [5, 5.41) is 0.525. The Bertz CT molecular complexity index is 733. The summed E-state index contributed by atoms with van der Waals surface area (Å²) < 4.78 is 6.33. The summed E-state index contributed by atoms with van der Waals surface area (Å²) in [5.74, 6) is 0.459. The summed E-state index contributed by atoms with van der Waals surface area (Å²) in [7, 11) is 1.56. The third kappa shape index (κ3) is 2.85. The van der Waals surface area contributed by atoms with Crippen LogP contribution >= 0.6 is 27.5 Å². The number of ether oxygens (including phenoxy) is 1. The number of anilines is 1. The van der Waals surface area contributed by atoms with Crippen molar-refractivity contribution in [1.82, 2.24) is 0 Å². The number of rotatable bonds is 2. The summed E-state index contributed by atoms with van der Waals surface area (Å²) in [6.45, 7) is 0.698. The maximum Gasteiger partial charge on any atom is 0.262 e.